The number of hydrogen-bond acceptors (Lipinski definition) is 3. The van der Waals surface area contributed by atoms with Crippen molar-refractivity contribution in [2.75, 3.05) is 0 Å². The second-order valence-electron chi connectivity index (χ2n) is 8.00. The highest BCUT2D eigenvalue weighted by atomic mass is 16.1. The van der Waals surface area contributed by atoms with E-state index in [9.17, 15) is 4.79 Å². The Morgan fingerprint density at radius 2 is 1.86 bits per heavy atom. The third kappa shape index (κ3) is 3.37. The maximum atomic E-state index is 13.2. The van der Waals surface area contributed by atoms with Gasteiger partial charge in [0.05, 0.1) is 22.9 Å². The van der Waals surface area contributed by atoms with Crippen LogP contribution in [0, 0.1) is 6.92 Å². The van der Waals surface area contributed by atoms with Gasteiger partial charge in [0.2, 0.25) is 0 Å². The monoisotopic (exact) mass is 384 g/mol. The zero-order chi connectivity index (χ0) is 19.8. The molecule has 0 amide bonds. The Balaban J connectivity index is 1.48. The van der Waals surface area contributed by atoms with Crippen molar-refractivity contribution in [3.05, 3.63) is 88.2 Å². The van der Waals surface area contributed by atoms with Crippen molar-refractivity contribution in [2.24, 2.45) is 0 Å². The molecule has 1 aliphatic carbocycles. The van der Waals surface area contributed by atoms with Crippen LogP contribution in [-0.4, -0.2) is 19.3 Å². The summed E-state index contributed by atoms with van der Waals surface area (Å²) < 4.78 is 3.71. The van der Waals surface area contributed by atoms with Crippen LogP contribution in [0.1, 0.15) is 48.4 Å². The van der Waals surface area contributed by atoms with Gasteiger partial charge in [-0.15, -0.1) is 0 Å². The molecule has 0 N–H and O–H groups in total. The molecule has 4 aromatic rings. The third-order valence-corrected chi connectivity index (χ3v) is 5.97. The number of nitrogens with zero attached hydrogens (tertiary/aromatic N) is 4. The lowest BCUT2D eigenvalue weighted by atomic mass is 10.0. The zero-order valence-corrected chi connectivity index (χ0v) is 16.6. The smallest absolute Gasteiger partial charge is 0.261 e. The fourth-order valence-corrected chi connectivity index (χ4v) is 4.47. The molecule has 1 aliphatic rings. The molecule has 0 unspecified atom stereocenters. The van der Waals surface area contributed by atoms with Crippen molar-refractivity contribution in [2.45, 2.75) is 45.1 Å². The van der Waals surface area contributed by atoms with Crippen LogP contribution in [0.2, 0.25) is 0 Å². The molecule has 5 nitrogen and oxygen atoms in total. The standard InChI is InChI=1S/C24H24N4O/c1-17-13-19(14-18-7-9-21(10-8-18)28-12-4-11-26-28)15-22-23(17)25-16-27(24(22)29)20-5-2-3-6-20/h4,7-13,15-16,20H,2-3,5-6,14H2,1H3. The lowest BCUT2D eigenvalue weighted by molar-refractivity contribution is 0.499. The van der Waals surface area contributed by atoms with Crippen LogP contribution in [0.3, 0.4) is 0 Å². The van der Waals surface area contributed by atoms with Crippen LogP contribution in [0.25, 0.3) is 16.6 Å². The highest BCUT2D eigenvalue weighted by Gasteiger charge is 2.19. The van der Waals surface area contributed by atoms with Gasteiger partial charge in [0.1, 0.15) is 0 Å². The molecule has 2 aromatic carbocycles. The summed E-state index contributed by atoms with van der Waals surface area (Å²) in [7, 11) is 0. The third-order valence-electron chi connectivity index (χ3n) is 5.97. The molecule has 5 rings (SSSR count). The summed E-state index contributed by atoms with van der Waals surface area (Å²) in [6.45, 7) is 2.04. The first kappa shape index (κ1) is 17.9. The minimum Gasteiger partial charge on any atom is -0.296 e. The molecule has 0 spiro atoms. The van der Waals surface area contributed by atoms with E-state index in [4.69, 9.17) is 0 Å². The van der Waals surface area contributed by atoms with Crippen LogP contribution in [0.5, 0.6) is 0 Å². The van der Waals surface area contributed by atoms with Crippen LogP contribution in [-0.2, 0) is 6.42 Å². The summed E-state index contributed by atoms with van der Waals surface area (Å²) >= 11 is 0. The number of aromatic nitrogens is 4. The van der Waals surface area contributed by atoms with Gasteiger partial charge >= 0.3 is 0 Å². The topological polar surface area (TPSA) is 52.7 Å². The average molecular weight is 384 g/mol. The van der Waals surface area contributed by atoms with Gasteiger partial charge in [-0.2, -0.15) is 5.10 Å². The molecule has 0 aliphatic heterocycles. The van der Waals surface area contributed by atoms with Gasteiger partial charge in [0.15, 0.2) is 0 Å². The van der Waals surface area contributed by atoms with E-state index < -0.39 is 0 Å². The van der Waals surface area contributed by atoms with Gasteiger partial charge < -0.3 is 0 Å². The van der Waals surface area contributed by atoms with Crippen molar-refractivity contribution in [1.29, 1.82) is 0 Å². The molecule has 2 heterocycles. The zero-order valence-electron chi connectivity index (χ0n) is 16.6. The summed E-state index contributed by atoms with van der Waals surface area (Å²) in [4.78, 5) is 17.8. The molecule has 1 fully saturated rings. The van der Waals surface area contributed by atoms with Crippen molar-refractivity contribution >= 4 is 10.9 Å². The van der Waals surface area contributed by atoms with Crippen LogP contribution in [0.4, 0.5) is 0 Å². The fourth-order valence-electron chi connectivity index (χ4n) is 4.47. The van der Waals surface area contributed by atoms with Crippen LogP contribution >= 0.6 is 0 Å². The first-order chi connectivity index (χ1) is 14.2. The lowest BCUT2D eigenvalue weighted by Crippen LogP contribution is -2.24. The summed E-state index contributed by atoms with van der Waals surface area (Å²) in [5.41, 5.74) is 5.37. The van der Waals surface area contributed by atoms with Crippen LogP contribution < -0.4 is 5.56 Å². The van der Waals surface area contributed by atoms with Crippen molar-refractivity contribution in [3.63, 3.8) is 0 Å². The molecule has 0 bridgehead atoms. The number of benzene rings is 2. The highest BCUT2D eigenvalue weighted by Crippen LogP contribution is 2.28. The number of aryl methyl sites for hydroxylation is 1. The first-order valence-electron chi connectivity index (χ1n) is 10.3. The fraction of sp³-hybridized carbons (Fsp3) is 0.292. The Morgan fingerprint density at radius 1 is 1.07 bits per heavy atom. The molecule has 2 aromatic heterocycles. The van der Waals surface area contributed by atoms with E-state index in [0.717, 1.165) is 47.0 Å². The van der Waals surface area contributed by atoms with E-state index in [1.807, 2.05) is 34.5 Å². The van der Waals surface area contributed by atoms with E-state index in [2.05, 4.69) is 40.4 Å². The minimum absolute atomic E-state index is 0.0980. The Hall–Kier alpha value is -3.21. The molecular formula is C24H24N4O. The molecule has 0 saturated heterocycles. The Bertz CT molecular complexity index is 1200. The maximum Gasteiger partial charge on any atom is 0.261 e. The molecule has 1 saturated carbocycles. The average Bonchev–Trinajstić information content (AvgIpc) is 3.44. The van der Waals surface area contributed by atoms with E-state index in [1.165, 1.54) is 18.4 Å². The molecule has 5 heteroatoms. The number of hydrogen-bond donors (Lipinski definition) is 0. The van der Waals surface area contributed by atoms with Gasteiger partial charge in [-0.1, -0.05) is 31.0 Å². The van der Waals surface area contributed by atoms with Crippen molar-refractivity contribution in [1.82, 2.24) is 19.3 Å². The van der Waals surface area contributed by atoms with E-state index in [1.54, 1.807) is 12.5 Å². The highest BCUT2D eigenvalue weighted by molar-refractivity contribution is 5.81. The van der Waals surface area contributed by atoms with Crippen LogP contribution in [0.15, 0.2) is 66.0 Å². The molecule has 0 radical (unpaired) electrons. The minimum atomic E-state index is 0.0980. The second-order valence-corrected chi connectivity index (χ2v) is 8.00. The number of fused-ring (bicyclic) bond motifs is 1. The van der Waals surface area contributed by atoms with Gasteiger partial charge in [-0.25, -0.2) is 9.67 Å². The van der Waals surface area contributed by atoms with Gasteiger partial charge in [-0.05, 0) is 67.1 Å². The molecule has 29 heavy (non-hydrogen) atoms. The summed E-state index contributed by atoms with van der Waals surface area (Å²) in [5.74, 6) is 0. The van der Waals surface area contributed by atoms with Crippen molar-refractivity contribution in [3.8, 4) is 5.69 Å². The Kier molecular flexibility index (Phi) is 4.51. The summed E-state index contributed by atoms with van der Waals surface area (Å²) in [6, 6.07) is 14.8. The predicted octanol–water partition coefficient (Wildman–Crippen LogP) is 4.60. The lowest BCUT2D eigenvalue weighted by Gasteiger charge is -2.15. The second kappa shape index (κ2) is 7.32. The van der Waals surface area contributed by atoms with Gasteiger partial charge in [0.25, 0.3) is 5.56 Å². The molecule has 146 valence electrons. The van der Waals surface area contributed by atoms with Gasteiger partial charge in [-0.3, -0.25) is 9.36 Å². The van der Waals surface area contributed by atoms with Gasteiger partial charge in [0, 0.05) is 18.4 Å². The van der Waals surface area contributed by atoms with E-state index >= 15 is 0 Å². The van der Waals surface area contributed by atoms with E-state index in [0.29, 0.717) is 6.04 Å². The molecular weight excluding hydrogens is 360 g/mol. The Morgan fingerprint density at radius 3 is 2.59 bits per heavy atom. The largest absolute Gasteiger partial charge is 0.296 e. The quantitative estimate of drug-likeness (QED) is 0.517. The summed E-state index contributed by atoms with van der Waals surface area (Å²) in [5, 5.41) is 5.01. The molecule has 0 atom stereocenters. The normalized spacial score (nSPS) is 14.7. The predicted molar refractivity (Wildman–Crippen MR) is 115 cm³/mol. The Labute approximate surface area is 169 Å². The first-order valence-corrected chi connectivity index (χ1v) is 10.3. The summed E-state index contributed by atoms with van der Waals surface area (Å²) in [6.07, 6.45) is 10.8. The SMILES string of the molecule is Cc1cc(Cc2ccc(-n3cccn3)cc2)cc2c(=O)n(C3CCCC3)cnc12. The maximum absolute atomic E-state index is 13.2. The number of rotatable bonds is 4. The van der Waals surface area contributed by atoms with E-state index in [-0.39, 0.29) is 5.56 Å². The van der Waals surface area contributed by atoms with Crippen molar-refractivity contribution < 1.29 is 0 Å².